The highest BCUT2D eigenvalue weighted by atomic mass is 32.2. The summed E-state index contributed by atoms with van der Waals surface area (Å²) < 4.78 is 35.1. The van der Waals surface area contributed by atoms with Gasteiger partial charge in [-0.3, -0.25) is 9.36 Å². The molecule has 4 aromatic rings. The normalized spacial score (nSPS) is 14.6. The Morgan fingerprint density at radius 2 is 2.00 bits per heavy atom. The van der Waals surface area contributed by atoms with Crippen molar-refractivity contribution < 1.29 is 17.9 Å². The number of amidine groups is 1. The van der Waals surface area contributed by atoms with Gasteiger partial charge in [-0.05, 0) is 44.5 Å². The molecule has 0 aliphatic carbocycles. The van der Waals surface area contributed by atoms with Gasteiger partial charge in [0.1, 0.15) is 42.2 Å². The Kier molecular flexibility index (Phi) is 5.86. The lowest BCUT2D eigenvalue weighted by Crippen LogP contribution is -2.48. The number of aromatic nitrogens is 5. The molecule has 1 aromatic carbocycles. The number of ether oxygens (including phenoxy) is 1. The molecule has 37 heavy (non-hydrogen) atoms. The van der Waals surface area contributed by atoms with E-state index in [1.165, 1.54) is 6.33 Å². The van der Waals surface area contributed by atoms with Crippen LogP contribution in [0.1, 0.15) is 41.0 Å². The van der Waals surface area contributed by atoms with Crippen LogP contribution in [0.2, 0.25) is 0 Å². The highest BCUT2D eigenvalue weighted by molar-refractivity contribution is 7.89. The van der Waals surface area contributed by atoms with Crippen molar-refractivity contribution in [3.05, 3.63) is 71.6 Å². The lowest BCUT2D eigenvalue weighted by atomic mass is 10.0. The number of rotatable bonds is 6. The Bertz CT molecular complexity index is 1680. The standard InChI is InChI=1S/C24H24N8O4S/c1-14-20-22(28-12-27-14)32(13-29-20)18-9-15(7-8-26-18)23(33)30-24(2,3)11-36-17-6-4-5-16-10-37(34,35)31-21(25)19(16)17/h4-9,12-13H,10-11H2,1-3H3,(H2,25,31)(H,30,33). The summed E-state index contributed by atoms with van der Waals surface area (Å²) in [4.78, 5) is 30.3. The average molecular weight is 521 g/mol. The van der Waals surface area contributed by atoms with E-state index in [2.05, 4.69) is 29.7 Å². The largest absolute Gasteiger partial charge is 0.490 e. The maximum absolute atomic E-state index is 13.1. The zero-order valence-electron chi connectivity index (χ0n) is 20.3. The van der Waals surface area contributed by atoms with Crippen molar-refractivity contribution in [1.29, 1.82) is 0 Å². The third-order valence-electron chi connectivity index (χ3n) is 5.76. The van der Waals surface area contributed by atoms with E-state index in [0.717, 1.165) is 5.69 Å². The summed E-state index contributed by atoms with van der Waals surface area (Å²) in [5.74, 6) is 0.197. The number of carbonyl (C=O) groups excluding carboxylic acids is 1. The van der Waals surface area contributed by atoms with Crippen LogP contribution in [0, 0.1) is 6.92 Å². The van der Waals surface area contributed by atoms with Crippen LogP contribution in [0.25, 0.3) is 17.0 Å². The summed E-state index contributed by atoms with van der Waals surface area (Å²) in [6.07, 6.45) is 4.59. The summed E-state index contributed by atoms with van der Waals surface area (Å²) in [7, 11) is -3.65. The maximum atomic E-state index is 13.1. The van der Waals surface area contributed by atoms with Gasteiger partial charge in [0.2, 0.25) is 0 Å². The molecule has 3 N–H and O–H groups in total. The number of benzene rings is 1. The Morgan fingerprint density at radius 1 is 1.19 bits per heavy atom. The number of amides is 1. The van der Waals surface area contributed by atoms with E-state index in [-0.39, 0.29) is 24.1 Å². The van der Waals surface area contributed by atoms with Gasteiger partial charge in [0.25, 0.3) is 15.9 Å². The fourth-order valence-electron chi connectivity index (χ4n) is 4.02. The van der Waals surface area contributed by atoms with Crippen LogP contribution in [-0.4, -0.2) is 56.8 Å². The zero-order valence-corrected chi connectivity index (χ0v) is 21.2. The third-order valence-corrected chi connectivity index (χ3v) is 6.91. The van der Waals surface area contributed by atoms with E-state index in [1.807, 2.05) is 20.8 Å². The van der Waals surface area contributed by atoms with Gasteiger partial charge in [-0.15, -0.1) is 4.40 Å². The number of nitrogens with one attached hydrogen (secondary N) is 1. The zero-order chi connectivity index (χ0) is 26.4. The number of hydrogen-bond donors (Lipinski definition) is 2. The Morgan fingerprint density at radius 3 is 2.81 bits per heavy atom. The highest BCUT2D eigenvalue weighted by Crippen LogP contribution is 2.28. The highest BCUT2D eigenvalue weighted by Gasteiger charge is 2.27. The number of sulfonamides is 1. The molecule has 0 spiro atoms. The van der Waals surface area contributed by atoms with Crippen molar-refractivity contribution >= 4 is 32.9 Å². The van der Waals surface area contributed by atoms with Gasteiger partial charge in [0.05, 0.1) is 22.5 Å². The topological polar surface area (TPSA) is 167 Å². The molecule has 13 heteroatoms. The lowest BCUT2D eigenvalue weighted by Gasteiger charge is -2.27. The van der Waals surface area contributed by atoms with Gasteiger partial charge in [0, 0.05) is 11.8 Å². The molecule has 4 heterocycles. The van der Waals surface area contributed by atoms with Gasteiger partial charge in [-0.25, -0.2) is 28.4 Å². The molecule has 0 unspecified atom stereocenters. The molecule has 1 aliphatic rings. The Labute approximate surface area is 212 Å². The second-order valence-electron chi connectivity index (χ2n) is 9.27. The van der Waals surface area contributed by atoms with Crippen molar-refractivity contribution in [2.45, 2.75) is 32.1 Å². The van der Waals surface area contributed by atoms with E-state index in [1.54, 1.807) is 47.4 Å². The summed E-state index contributed by atoms with van der Waals surface area (Å²) in [5, 5.41) is 2.97. The van der Waals surface area contributed by atoms with Gasteiger partial charge >= 0.3 is 0 Å². The van der Waals surface area contributed by atoms with E-state index in [4.69, 9.17) is 10.5 Å². The van der Waals surface area contributed by atoms with Crippen molar-refractivity contribution in [2.75, 3.05) is 6.61 Å². The van der Waals surface area contributed by atoms with Crippen molar-refractivity contribution in [2.24, 2.45) is 10.1 Å². The first-order valence-corrected chi connectivity index (χ1v) is 12.9. The van der Waals surface area contributed by atoms with Crippen LogP contribution < -0.4 is 15.8 Å². The van der Waals surface area contributed by atoms with Crippen molar-refractivity contribution in [3.63, 3.8) is 0 Å². The Balaban J connectivity index is 1.32. The molecule has 0 saturated carbocycles. The molecule has 0 fully saturated rings. The van der Waals surface area contributed by atoms with Gasteiger partial charge in [0.15, 0.2) is 5.65 Å². The number of pyridine rings is 1. The quantitative estimate of drug-likeness (QED) is 0.384. The summed E-state index contributed by atoms with van der Waals surface area (Å²) in [6.45, 7) is 5.56. The first-order chi connectivity index (χ1) is 17.5. The van der Waals surface area contributed by atoms with Crippen LogP contribution in [0.15, 0.2) is 53.6 Å². The van der Waals surface area contributed by atoms with Crippen molar-refractivity contribution in [1.82, 2.24) is 29.8 Å². The minimum atomic E-state index is -3.65. The smallest absolute Gasteiger partial charge is 0.259 e. The van der Waals surface area contributed by atoms with Crippen LogP contribution in [-0.2, 0) is 15.8 Å². The van der Waals surface area contributed by atoms with Crippen LogP contribution >= 0.6 is 0 Å². The molecular formula is C24H24N8O4S. The van der Waals surface area contributed by atoms with E-state index in [9.17, 15) is 13.2 Å². The fourth-order valence-corrected chi connectivity index (χ4v) is 5.11. The molecule has 0 saturated heterocycles. The number of nitrogens with two attached hydrogens (primary N) is 1. The molecular weight excluding hydrogens is 496 g/mol. The molecule has 1 aliphatic heterocycles. The number of hydrogen-bond acceptors (Lipinski definition) is 9. The van der Waals surface area contributed by atoms with Gasteiger partial charge < -0.3 is 15.8 Å². The number of nitrogens with zero attached hydrogens (tertiary/aromatic N) is 6. The average Bonchev–Trinajstić information content (AvgIpc) is 3.27. The molecule has 0 atom stereocenters. The molecule has 0 radical (unpaired) electrons. The van der Waals surface area contributed by atoms with Crippen molar-refractivity contribution in [3.8, 4) is 11.6 Å². The monoisotopic (exact) mass is 520 g/mol. The van der Waals surface area contributed by atoms with E-state index < -0.39 is 15.6 Å². The van der Waals surface area contributed by atoms with E-state index >= 15 is 0 Å². The third kappa shape index (κ3) is 4.85. The van der Waals surface area contributed by atoms with Gasteiger partial charge in [-0.1, -0.05) is 12.1 Å². The van der Waals surface area contributed by atoms with Crippen LogP contribution in [0.5, 0.6) is 5.75 Å². The SMILES string of the molecule is Cc1ncnc2c1ncn2-c1cc(C(=O)NC(C)(C)COc2cccc3c2C(N)=NS(=O)(=O)C3)ccn1. The number of aryl methyl sites for hydroxylation is 1. The van der Waals surface area contributed by atoms with E-state index in [0.29, 0.717) is 39.4 Å². The summed E-state index contributed by atoms with van der Waals surface area (Å²) in [6, 6.07) is 8.31. The molecule has 3 aromatic heterocycles. The lowest BCUT2D eigenvalue weighted by molar-refractivity contribution is 0.0880. The van der Waals surface area contributed by atoms with Crippen LogP contribution in [0.4, 0.5) is 0 Å². The Hall–Kier alpha value is -4.39. The molecule has 5 rings (SSSR count). The van der Waals surface area contributed by atoms with Crippen LogP contribution in [0.3, 0.4) is 0 Å². The maximum Gasteiger partial charge on any atom is 0.259 e. The predicted molar refractivity (Wildman–Crippen MR) is 136 cm³/mol. The first-order valence-electron chi connectivity index (χ1n) is 11.3. The second-order valence-corrected chi connectivity index (χ2v) is 10.9. The van der Waals surface area contributed by atoms with Gasteiger partial charge in [-0.2, -0.15) is 0 Å². The summed E-state index contributed by atoms with van der Waals surface area (Å²) >= 11 is 0. The molecule has 190 valence electrons. The molecule has 0 bridgehead atoms. The minimum Gasteiger partial charge on any atom is -0.490 e. The minimum absolute atomic E-state index is 0.0928. The first kappa shape index (κ1) is 24.3. The number of carbonyl (C=O) groups is 1. The molecule has 12 nitrogen and oxygen atoms in total. The number of fused-ring (bicyclic) bond motifs is 2. The second kappa shape index (κ2) is 8.92. The summed E-state index contributed by atoms with van der Waals surface area (Å²) in [5.41, 5.74) is 8.48. The molecule has 1 amide bonds. The number of imidazole rings is 1. The fraction of sp³-hybridized carbons (Fsp3) is 0.250. The predicted octanol–water partition coefficient (Wildman–Crippen LogP) is 1.66.